The van der Waals surface area contributed by atoms with Crippen molar-refractivity contribution in [3.63, 3.8) is 0 Å². The van der Waals surface area contributed by atoms with E-state index in [1.54, 1.807) is 0 Å². The van der Waals surface area contributed by atoms with Crippen molar-refractivity contribution in [2.24, 2.45) is 0 Å². The molecule has 0 unspecified atom stereocenters. The first kappa shape index (κ1) is 12.3. The fourth-order valence-electron chi connectivity index (χ4n) is 1.81. The van der Waals surface area contributed by atoms with E-state index in [0.717, 1.165) is 6.07 Å². The van der Waals surface area contributed by atoms with Gasteiger partial charge in [0.25, 0.3) is 5.91 Å². The highest BCUT2D eigenvalue weighted by molar-refractivity contribution is 5.95. The predicted octanol–water partition coefficient (Wildman–Crippen LogP) is 0.370. The largest absolute Gasteiger partial charge is 0.396 e. The lowest BCUT2D eigenvalue weighted by molar-refractivity contribution is -0.120. The number of carbonyl (C=O) groups excluding carboxylic acids is 2. The van der Waals surface area contributed by atoms with Crippen LogP contribution in [0.4, 0.5) is 10.1 Å². The molecule has 6 heteroatoms. The van der Waals surface area contributed by atoms with E-state index in [9.17, 15) is 14.0 Å². The van der Waals surface area contributed by atoms with Crippen LogP contribution in [0.15, 0.2) is 18.2 Å². The van der Waals surface area contributed by atoms with E-state index < -0.39 is 5.82 Å². The number of rotatable bonds is 1. The smallest absolute Gasteiger partial charge is 0.254 e. The molecule has 1 aromatic carbocycles. The summed E-state index contributed by atoms with van der Waals surface area (Å²) in [5.41, 5.74) is 5.62. The van der Waals surface area contributed by atoms with Gasteiger partial charge in [0, 0.05) is 31.6 Å². The molecule has 0 aliphatic carbocycles. The minimum atomic E-state index is -0.607. The van der Waals surface area contributed by atoms with Crippen LogP contribution < -0.4 is 11.1 Å². The number of anilines is 1. The zero-order chi connectivity index (χ0) is 13.1. The Morgan fingerprint density at radius 2 is 2.17 bits per heavy atom. The number of nitrogens with two attached hydrogens (primary N) is 1. The third-order valence-corrected chi connectivity index (χ3v) is 2.85. The van der Waals surface area contributed by atoms with Gasteiger partial charge in [-0.05, 0) is 18.2 Å². The zero-order valence-electron chi connectivity index (χ0n) is 9.78. The lowest BCUT2D eigenvalue weighted by atomic mass is 10.1. The molecule has 96 valence electrons. The molecule has 2 amide bonds. The lowest BCUT2D eigenvalue weighted by Gasteiger charge is -2.19. The maximum Gasteiger partial charge on any atom is 0.254 e. The van der Waals surface area contributed by atoms with E-state index in [4.69, 9.17) is 5.73 Å². The fourth-order valence-corrected chi connectivity index (χ4v) is 1.81. The number of amides is 2. The predicted molar refractivity (Wildman–Crippen MR) is 64.3 cm³/mol. The summed E-state index contributed by atoms with van der Waals surface area (Å²) >= 11 is 0. The Kier molecular flexibility index (Phi) is 3.45. The van der Waals surface area contributed by atoms with E-state index in [1.165, 1.54) is 17.0 Å². The van der Waals surface area contributed by atoms with Crippen LogP contribution in [0.2, 0.25) is 0 Å². The molecule has 0 radical (unpaired) electrons. The first-order valence-corrected chi connectivity index (χ1v) is 5.69. The maximum atomic E-state index is 13.3. The fraction of sp³-hybridized carbons (Fsp3) is 0.333. The Morgan fingerprint density at radius 1 is 1.39 bits per heavy atom. The minimum Gasteiger partial charge on any atom is -0.396 e. The molecule has 2 rings (SSSR count). The number of hydrogen-bond donors (Lipinski definition) is 2. The quantitative estimate of drug-likeness (QED) is 0.708. The van der Waals surface area contributed by atoms with Crippen molar-refractivity contribution in [2.75, 3.05) is 25.4 Å². The van der Waals surface area contributed by atoms with Gasteiger partial charge in [0.15, 0.2) is 0 Å². The average molecular weight is 251 g/mol. The van der Waals surface area contributed by atoms with E-state index in [2.05, 4.69) is 5.32 Å². The van der Waals surface area contributed by atoms with Crippen LogP contribution in [0.1, 0.15) is 16.8 Å². The molecule has 5 nitrogen and oxygen atoms in total. The van der Waals surface area contributed by atoms with Gasteiger partial charge in [0.05, 0.1) is 5.69 Å². The summed E-state index contributed by atoms with van der Waals surface area (Å²) in [6.45, 7) is 1.19. The van der Waals surface area contributed by atoms with E-state index in [0.29, 0.717) is 19.6 Å². The molecule has 0 bridgehead atoms. The van der Waals surface area contributed by atoms with Crippen LogP contribution in [-0.2, 0) is 4.79 Å². The second kappa shape index (κ2) is 5.03. The molecule has 1 saturated heterocycles. The monoisotopic (exact) mass is 251 g/mol. The molecule has 18 heavy (non-hydrogen) atoms. The van der Waals surface area contributed by atoms with Crippen molar-refractivity contribution in [3.8, 4) is 0 Å². The molecule has 0 atom stereocenters. The number of carbonyl (C=O) groups is 2. The van der Waals surface area contributed by atoms with Gasteiger partial charge in [0.2, 0.25) is 5.91 Å². The van der Waals surface area contributed by atoms with Crippen molar-refractivity contribution in [1.82, 2.24) is 10.2 Å². The lowest BCUT2D eigenvalue weighted by Crippen LogP contribution is -2.34. The van der Waals surface area contributed by atoms with Gasteiger partial charge in [-0.25, -0.2) is 4.39 Å². The molecule has 1 aliphatic heterocycles. The molecule has 1 fully saturated rings. The first-order chi connectivity index (χ1) is 8.58. The van der Waals surface area contributed by atoms with Crippen LogP contribution >= 0.6 is 0 Å². The van der Waals surface area contributed by atoms with Crippen LogP contribution in [-0.4, -0.2) is 36.3 Å². The molecular formula is C12H14FN3O2. The third kappa shape index (κ3) is 2.58. The van der Waals surface area contributed by atoms with Gasteiger partial charge < -0.3 is 16.0 Å². The van der Waals surface area contributed by atoms with Crippen LogP contribution in [0, 0.1) is 5.82 Å². The highest BCUT2D eigenvalue weighted by Gasteiger charge is 2.20. The summed E-state index contributed by atoms with van der Waals surface area (Å²) in [4.78, 5) is 24.8. The van der Waals surface area contributed by atoms with Crippen LogP contribution in [0.5, 0.6) is 0 Å². The molecule has 0 saturated carbocycles. The molecular weight excluding hydrogens is 237 g/mol. The Bertz CT molecular complexity index is 490. The number of hydrogen-bond acceptors (Lipinski definition) is 3. The maximum absolute atomic E-state index is 13.3. The zero-order valence-corrected chi connectivity index (χ0v) is 9.78. The number of nitrogens with zero attached hydrogens (tertiary/aromatic N) is 1. The van der Waals surface area contributed by atoms with E-state index in [-0.39, 0.29) is 29.5 Å². The molecule has 0 spiro atoms. The van der Waals surface area contributed by atoms with E-state index in [1.807, 2.05) is 0 Å². The summed E-state index contributed by atoms with van der Waals surface area (Å²) < 4.78 is 13.3. The average Bonchev–Trinajstić information content (AvgIpc) is 2.57. The highest BCUT2D eigenvalue weighted by Crippen LogP contribution is 2.14. The summed E-state index contributed by atoms with van der Waals surface area (Å²) in [5.74, 6) is -0.968. The SMILES string of the molecule is Nc1ccc(C(=O)N2CCNC(=O)CC2)cc1F. The number of benzene rings is 1. The van der Waals surface area contributed by atoms with Crippen LogP contribution in [0.25, 0.3) is 0 Å². The van der Waals surface area contributed by atoms with Crippen molar-refractivity contribution in [2.45, 2.75) is 6.42 Å². The minimum absolute atomic E-state index is 0.0132. The summed E-state index contributed by atoms with van der Waals surface area (Å²) in [6.07, 6.45) is 0.267. The standard InChI is InChI=1S/C12H14FN3O2/c13-9-7-8(1-2-10(9)14)12(18)16-5-3-11(17)15-4-6-16/h1-2,7H,3-6,14H2,(H,15,17). The van der Waals surface area contributed by atoms with Crippen molar-refractivity contribution in [3.05, 3.63) is 29.6 Å². The highest BCUT2D eigenvalue weighted by atomic mass is 19.1. The third-order valence-electron chi connectivity index (χ3n) is 2.85. The second-order valence-corrected chi connectivity index (χ2v) is 4.13. The van der Waals surface area contributed by atoms with Crippen LogP contribution in [0.3, 0.4) is 0 Å². The van der Waals surface area contributed by atoms with Crippen molar-refractivity contribution >= 4 is 17.5 Å². The molecule has 1 aromatic rings. The second-order valence-electron chi connectivity index (χ2n) is 4.13. The van der Waals surface area contributed by atoms with Crippen molar-refractivity contribution in [1.29, 1.82) is 0 Å². The van der Waals surface area contributed by atoms with Gasteiger partial charge in [-0.2, -0.15) is 0 Å². The Balaban J connectivity index is 2.14. The summed E-state index contributed by atoms with van der Waals surface area (Å²) in [5, 5.41) is 2.67. The Labute approximate surface area is 104 Å². The number of nitrogens with one attached hydrogen (secondary N) is 1. The summed E-state index contributed by atoms with van der Waals surface area (Å²) in [6, 6.07) is 3.97. The Hall–Kier alpha value is -2.11. The van der Waals surface area contributed by atoms with Gasteiger partial charge in [-0.15, -0.1) is 0 Å². The molecule has 3 N–H and O–H groups in total. The van der Waals surface area contributed by atoms with Gasteiger partial charge in [-0.3, -0.25) is 9.59 Å². The number of halogens is 1. The Morgan fingerprint density at radius 3 is 2.89 bits per heavy atom. The molecule has 1 aliphatic rings. The molecule has 0 aromatic heterocycles. The van der Waals surface area contributed by atoms with Crippen molar-refractivity contribution < 1.29 is 14.0 Å². The van der Waals surface area contributed by atoms with Gasteiger partial charge in [0.1, 0.15) is 5.82 Å². The van der Waals surface area contributed by atoms with Gasteiger partial charge in [-0.1, -0.05) is 0 Å². The number of nitrogen functional groups attached to an aromatic ring is 1. The molecule has 1 heterocycles. The first-order valence-electron chi connectivity index (χ1n) is 5.69. The topological polar surface area (TPSA) is 75.4 Å². The summed E-state index contributed by atoms with van der Waals surface area (Å²) in [7, 11) is 0. The normalized spacial score (nSPS) is 16.1. The van der Waals surface area contributed by atoms with Gasteiger partial charge >= 0.3 is 0 Å². The van der Waals surface area contributed by atoms with E-state index >= 15 is 0 Å².